The van der Waals surface area contributed by atoms with Crippen LogP contribution in [0.3, 0.4) is 0 Å². The zero-order valence-corrected chi connectivity index (χ0v) is 12.0. The molecule has 1 aliphatic carbocycles. The quantitative estimate of drug-likeness (QED) is 0.788. The van der Waals surface area contributed by atoms with Gasteiger partial charge in [-0.3, -0.25) is 0 Å². The van der Waals surface area contributed by atoms with E-state index in [-0.39, 0.29) is 5.60 Å². The predicted octanol–water partition coefficient (Wildman–Crippen LogP) is 2.00. The Morgan fingerprint density at radius 3 is 2.44 bits per heavy atom. The van der Waals surface area contributed by atoms with E-state index in [4.69, 9.17) is 0 Å². The third-order valence-electron chi connectivity index (χ3n) is 4.72. The van der Waals surface area contributed by atoms with Crippen molar-refractivity contribution >= 4 is 0 Å². The van der Waals surface area contributed by atoms with Gasteiger partial charge < -0.3 is 15.3 Å². The highest BCUT2D eigenvalue weighted by Gasteiger charge is 2.31. The number of rotatable bonds is 5. The zero-order valence-electron chi connectivity index (χ0n) is 12.0. The van der Waals surface area contributed by atoms with E-state index in [0.717, 1.165) is 31.8 Å². The van der Waals surface area contributed by atoms with Gasteiger partial charge in [0.1, 0.15) is 0 Å². The summed E-state index contributed by atoms with van der Waals surface area (Å²) < 4.78 is 0. The Morgan fingerprint density at radius 2 is 1.83 bits per heavy atom. The Kier molecular flexibility index (Phi) is 5.46. The number of nitrogens with one attached hydrogen (secondary N) is 1. The van der Waals surface area contributed by atoms with Gasteiger partial charge in [0.05, 0.1) is 5.60 Å². The van der Waals surface area contributed by atoms with E-state index < -0.39 is 0 Å². The zero-order chi connectivity index (χ0) is 12.8. The average molecular weight is 254 g/mol. The molecule has 106 valence electrons. The summed E-state index contributed by atoms with van der Waals surface area (Å²) in [5, 5.41) is 14.1. The number of aliphatic hydroxyl groups is 1. The molecule has 2 aliphatic rings. The van der Waals surface area contributed by atoms with Gasteiger partial charge in [0.25, 0.3) is 0 Å². The van der Waals surface area contributed by atoms with Crippen LogP contribution in [0.5, 0.6) is 0 Å². The maximum atomic E-state index is 10.6. The van der Waals surface area contributed by atoms with E-state index in [9.17, 15) is 5.11 Å². The molecule has 1 saturated heterocycles. The normalized spacial score (nSPS) is 25.5. The Labute approximate surface area is 112 Å². The second-order valence-electron chi connectivity index (χ2n) is 6.31. The molecule has 18 heavy (non-hydrogen) atoms. The molecule has 0 aromatic heterocycles. The predicted molar refractivity (Wildman–Crippen MR) is 75.7 cm³/mol. The van der Waals surface area contributed by atoms with Gasteiger partial charge in [-0.05, 0) is 51.2 Å². The molecule has 0 unspecified atom stereocenters. The van der Waals surface area contributed by atoms with Crippen LogP contribution in [0, 0.1) is 5.92 Å². The van der Waals surface area contributed by atoms with Gasteiger partial charge in [0.15, 0.2) is 0 Å². The van der Waals surface area contributed by atoms with Crippen LogP contribution >= 0.6 is 0 Å². The van der Waals surface area contributed by atoms with Crippen molar-refractivity contribution < 1.29 is 5.11 Å². The first-order valence-corrected chi connectivity index (χ1v) is 7.87. The molecule has 3 heteroatoms. The topological polar surface area (TPSA) is 35.5 Å². The minimum atomic E-state index is -0.388. The van der Waals surface area contributed by atoms with Crippen LogP contribution in [-0.4, -0.2) is 48.3 Å². The fourth-order valence-electron chi connectivity index (χ4n) is 3.52. The van der Waals surface area contributed by atoms with Crippen molar-refractivity contribution in [3.05, 3.63) is 0 Å². The summed E-state index contributed by atoms with van der Waals surface area (Å²) in [6.45, 7) is 7.73. The Bertz CT molecular complexity index is 233. The summed E-state index contributed by atoms with van der Waals surface area (Å²) in [4.78, 5) is 2.49. The van der Waals surface area contributed by atoms with Crippen molar-refractivity contribution in [2.24, 2.45) is 5.92 Å². The van der Waals surface area contributed by atoms with Crippen LogP contribution in [0.1, 0.15) is 51.9 Å². The summed E-state index contributed by atoms with van der Waals surface area (Å²) in [6, 6.07) is 0. The molecule has 0 aromatic carbocycles. The molecule has 0 bridgehead atoms. The molecule has 3 nitrogen and oxygen atoms in total. The molecule has 0 atom stereocenters. The van der Waals surface area contributed by atoms with Gasteiger partial charge >= 0.3 is 0 Å². The molecule has 1 heterocycles. The van der Waals surface area contributed by atoms with Crippen molar-refractivity contribution in [1.82, 2.24) is 10.2 Å². The van der Waals surface area contributed by atoms with Gasteiger partial charge in [0.2, 0.25) is 0 Å². The maximum absolute atomic E-state index is 10.6. The Balaban J connectivity index is 1.80. The number of hydrogen-bond acceptors (Lipinski definition) is 3. The van der Waals surface area contributed by atoms with Crippen LogP contribution in [0.4, 0.5) is 0 Å². The fraction of sp³-hybridized carbons (Fsp3) is 1.00. The minimum absolute atomic E-state index is 0.388. The molecular weight excluding hydrogens is 224 g/mol. The first kappa shape index (κ1) is 14.3. The van der Waals surface area contributed by atoms with Gasteiger partial charge in [-0.15, -0.1) is 0 Å². The summed E-state index contributed by atoms with van der Waals surface area (Å²) in [5.41, 5.74) is -0.388. The molecule has 0 aromatic rings. The molecule has 0 amide bonds. The lowest BCUT2D eigenvalue weighted by molar-refractivity contribution is -0.0287. The van der Waals surface area contributed by atoms with Gasteiger partial charge in [-0.25, -0.2) is 0 Å². The van der Waals surface area contributed by atoms with Crippen molar-refractivity contribution in [3.8, 4) is 0 Å². The molecule has 1 aliphatic heterocycles. The minimum Gasteiger partial charge on any atom is -0.389 e. The van der Waals surface area contributed by atoms with Crippen LogP contribution in [0.15, 0.2) is 0 Å². The summed E-state index contributed by atoms with van der Waals surface area (Å²) >= 11 is 0. The summed E-state index contributed by atoms with van der Waals surface area (Å²) in [6.07, 6.45) is 8.35. The third kappa shape index (κ3) is 4.22. The van der Waals surface area contributed by atoms with E-state index in [0.29, 0.717) is 0 Å². The second kappa shape index (κ2) is 6.88. The van der Waals surface area contributed by atoms with E-state index in [1.54, 1.807) is 0 Å². The second-order valence-corrected chi connectivity index (χ2v) is 6.31. The Hall–Kier alpha value is -0.120. The maximum Gasteiger partial charge on any atom is 0.0774 e. The molecule has 2 fully saturated rings. The molecular formula is C15H30N2O. The third-order valence-corrected chi connectivity index (χ3v) is 4.72. The first-order valence-electron chi connectivity index (χ1n) is 7.87. The van der Waals surface area contributed by atoms with E-state index in [1.165, 1.54) is 51.7 Å². The molecule has 2 rings (SSSR count). The molecule has 1 saturated carbocycles. The van der Waals surface area contributed by atoms with Crippen molar-refractivity contribution in [1.29, 1.82) is 0 Å². The molecule has 0 radical (unpaired) electrons. The molecule has 0 spiro atoms. The van der Waals surface area contributed by atoms with Crippen molar-refractivity contribution in [2.75, 3.05) is 32.7 Å². The lowest BCUT2D eigenvalue weighted by Crippen LogP contribution is -2.46. The lowest BCUT2D eigenvalue weighted by Gasteiger charge is -2.38. The van der Waals surface area contributed by atoms with Crippen molar-refractivity contribution in [3.63, 3.8) is 0 Å². The van der Waals surface area contributed by atoms with Crippen molar-refractivity contribution in [2.45, 2.75) is 57.5 Å². The van der Waals surface area contributed by atoms with E-state index >= 15 is 0 Å². The lowest BCUT2D eigenvalue weighted by atomic mass is 9.84. The average Bonchev–Trinajstić information content (AvgIpc) is 2.40. The van der Waals surface area contributed by atoms with Gasteiger partial charge in [-0.2, -0.15) is 0 Å². The summed E-state index contributed by atoms with van der Waals surface area (Å²) in [7, 11) is 0. The largest absolute Gasteiger partial charge is 0.389 e. The van der Waals surface area contributed by atoms with Crippen LogP contribution in [0.25, 0.3) is 0 Å². The van der Waals surface area contributed by atoms with E-state index in [2.05, 4.69) is 17.1 Å². The number of piperidine rings is 1. The van der Waals surface area contributed by atoms with Crippen LogP contribution in [0.2, 0.25) is 0 Å². The first-order chi connectivity index (χ1) is 8.72. The standard InChI is InChI=1S/C15H30N2O/c1-2-17(12-14-6-10-16-11-7-14)13-15(18)8-4-3-5-9-15/h14,16,18H,2-13H2,1H3. The monoisotopic (exact) mass is 254 g/mol. The van der Waals surface area contributed by atoms with Crippen LogP contribution < -0.4 is 5.32 Å². The summed E-state index contributed by atoms with van der Waals surface area (Å²) in [5.74, 6) is 0.832. The molecule has 2 N–H and O–H groups in total. The number of hydrogen-bond donors (Lipinski definition) is 2. The number of nitrogens with zero attached hydrogens (tertiary/aromatic N) is 1. The Morgan fingerprint density at radius 1 is 1.17 bits per heavy atom. The van der Waals surface area contributed by atoms with Crippen LogP contribution in [-0.2, 0) is 0 Å². The van der Waals surface area contributed by atoms with Gasteiger partial charge in [-0.1, -0.05) is 26.2 Å². The number of likely N-dealkylation sites (N-methyl/N-ethyl adjacent to an activating group) is 1. The van der Waals surface area contributed by atoms with Gasteiger partial charge in [0, 0.05) is 13.1 Å². The highest BCUT2D eigenvalue weighted by Crippen LogP contribution is 2.29. The smallest absolute Gasteiger partial charge is 0.0774 e. The highest BCUT2D eigenvalue weighted by molar-refractivity contribution is 4.86. The fourth-order valence-corrected chi connectivity index (χ4v) is 3.52. The SMILES string of the molecule is CCN(CC1CCNCC1)CC1(O)CCCCC1. The van der Waals surface area contributed by atoms with E-state index in [1.807, 2.05) is 0 Å². The highest BCUT2D eigenvalue weighted by atomic mass is 16.3.